The van der Waals surface area contributed by atoms with Crippen LogP contribution < -0.4 is 0 Å². The first-order valence-corrected chi connectivity index (χ1v) is 9.17. The van der Waals surface area contributed by atoms with E-state index in [9.17, 15) is 0 Å². The monoisotopic (exact) mass is 282 g/mol. The molecule has 2 aliphatic rings. The smallest absolute Gasteiger partial charge is 0.0818 e. The third-order valence-corrected chi connectivity index (χ3v) is 6.59. The first kappa shape index (κ1) is 16.3. The Morgan fingerprint density at radius 1 is 0.950 bits per heavy atom. The van der Waals surface area contributed by atoms with Crippen LogP contribution in [0.5, 0.6) is 0 Å². The van der Waals surface area contributed by atoms with Gasteiger partial charge in [0.15, 0.2) is 0 Å². The Morgan fingerprint density at radius 2 is 1.50 bits per heavy atom. The number of nitrogens with zero attached hydrogens (tertiary/aromatic N) is 2. The summed E-state index contributed by atoms with van der Waals surface area (Å²) in [5, 5.41) is 0. The van der Waals surface area contributed by atoms with E-state index in [1.54, 1.807) is 0 Å². The number of quaternary nitrogens is 2. The van der Waals surface area contributed by atoms with Crippen LogP contribution in [0.2, 0.25) is 0 Å². The van der Waals surface area contributed by atoms with Crippen molar-refractivity contribution in [1.82, 2.24) is 0 Å². The van der Waals surface area contributed by atoms with Gasteiger partial charge in [0.25, 0.3) is 0 Å². The lowest BCUT2D eigenvalue weighted by Gasteiger charge is -2.33. The minimum absolute atomic E-state index is 1.07. The van der Waals surface area contributed by atoms with Crippen LogP contribution in [-0.2, 0) is 0 Å². The lowest BCUT2D eigenvalue weighted by atomic mass is 9.82. The first-order valence-electron chi connectivity index (χ1n) is 9.17. The largest absolute Gasteiger partial charge is 0.326 e. The summed E-state index contributed by atoms with van der Waals surface area (Å²) in [7, 11) is 4.95. The molecule has 1 aliphatic heterocycles. The molecular weight excluding hydrogens is 244 g/mol. The molecule has 2 nitrogen and oxygen atoms in total. The van der Waals surface area contributed by atoms with Crippen LogP contribution >= 0.6 is 0 Å². The Hall–Kier alpha value is -0.0800. The molecule has 1 aliphatic carbocycles. The summed E-state index contributed by atoms with van der Waals surface area (Å²) in [5.74, 6) is 2.14. The van der Waals surface area contributed by atoms with Gasteiger partial charge in [0.1, 0.15) is 0 Å². The highest BCUT2D eigenvalue weighted by Gasteiger charge is 2.42. The molecule has 0 bridgehead atoms. The van der Waals surface area contributed by atoms with E-state index in [0.717, 1.165) is 11.8 Å². The highest BCUT2D eigenvalue weighted by molar-refractivity contribution is 4.80. The van der Waals surface area contributed by atoms with E-state index < -0.39 is 0 Å². The van der Waals surface area contributed by atoms with E-state index in [0.29, 0.717) is 0 Å². The van der Waals surface area contributed by atoms with E-state index in [-0.39, 0.29) is 0 Å². The number of fused-ring (bicyclic) bond motifs is 1. The molecule has 0 aromatic heterocycles. The summed E-state index contributed by atoms with van der Waals surface area (Å²) in [6, 6.07) is 0. The predicted octanol–water partition coefficient (Wildman–Crippen LogP) is 3.52. The number of hydrogen-bond acceptors (Lipinski definition) is 0. The number of likely N-dealkylation sites (tertiary alicyclic amines) is 1. The Morgan fingerprint density at radius 3 is 2.00 bits per heavy atom. The highest BCUT2D eigenvalue weighted by atomic mass is 15.4. The van der Waals surface area contributed by atoms with Crippen LogP contribution in [0.3, 0.4) is 0 Å². The zero-order chi connectivity index (χ0) is 14.6. The second kappa shape index (κ2) is 6.79. The van der Waals surface area contributed by atoms with Crippen molar-refractivity contribution in [2.24, 2.45) is 11.8 Å². The van der Waals surface area contributed by atoms with Crippen molar-refractivity contribution in [3.63, 3.8) is 0 Å². The summed E-state index contributed by atoms with van der Waals surface area (Å²) < 4.78 is 2.65. The summed E-state index contributed by atoms with van der Waals surface area (Å²) >= 11 is 0. The van der Waals surface area contributed by atoms with E-state index >= 15 is 0 Å². The number of rotatable bonds is 7. The van der Waals surface area contributed by atoms with Gasteiger partial charge in [-0.1, -0.05) is 12.8 Å². The average Bonchev–Trinajstić information content (AvgIpc) is 2.80. The zero-order valence-electron chi connectivity index (χ0n) is 14.5. The van der Waals surface area contributed by atoms with Crippen molar-refractivity contribution in [2.45, 2.75) is 52.4 Å². The molecule has 118 valence electrons. The molecule has 2 heteroatoms. The second-order valence-electron chi connectivity index (χ2n) is 8.20. The zero-order valence-corrected chi connectivity index (χ0v) is 14.5. The maximum atomic E-state index is 2.53. The Labute approximate surface area is 127 Å². The molecule has 0 aromatic carbocycles. The standard InChI is InChI=1S/C18H38N2/c1-5-19(3,6-2)13-9-10-14-20(4)15-17-11-7-8-12-18(17)16-20/h17-18H,5-16H2,1-4H3/q+2/t17-,18+,20?. The highest BCUT2D eigenvalue weighted by Crippen LogP contribution is 2.39. The molecule has 2 rings (SSSR count). The van der Waals surface area contributed by atoms with Gasteiger partial charge in [0.05, 0.1) is 53.4 Å². The van der Waals surface area contributed by atoms with Gasteiger partial charge >= 0.3 is 0 Å². The van der Waals surface area contributed by atoms with Gasteiger partial charge in [-0.2, -0.15) is 0 Å². The van der Waals surface area contributed by atoms with E-state index in [1.807, 2.05) is 0 Å². The van der Waals surface area contributed by atoms with E-state index in [1.165, 1.54) is 86.8 Å². The normalized spacial score (nSPS) is 34.2. The van der Waals surface area contributed by atoms with Gasteiger partial charge in [-0.15, -0.1) is 0 Å². The summed E-state index contributed by atoms with van der Waals surface area (Å²) in [5.41, 5.74) is 0. The average molecular weight is 283 g/mol. The number of unbranched alkanes of at least 4 members (excludes halogenated alkanes) is 1. The van der Waals surface area contributed by atoms with Crippen molar-refractivity contribution in [3.05, 3.63) is 0 Å². The molecule has 1 heterocycles. The molecule has 1 saturated heterocycles. The van der Waals surface area contributed by atoms with Gasteiger partial charge in [-0.3, -0.25) is 0 Å². The fraction of sp³-hybridized carbons (Fsp3) is 1.00. The molecule has 1 unspecified atom stereocenters. The molecular formula is C18H38N2+2. The van der Waals surface area contributed by atoms with Crippen molar-refractivity contribution in [1.29, 1.82) is 0 Å². The van der Waals surface area contributed by atoms with Crippen LogP contribution in [0.1, 0.15) is 52.4 Å². The van der Waals surface area contributed by atoms with Gasteiger partial charge in [-0.25, -0.2) is 0 Å². The third-order valence-electron chi connectivity index (χ3n) is 6.59. The van der Waals surface area contributed by atoms with E-state index in [4.69, 9.17) is 0 Å². The summed E-state index contributed by atoms with van der Waals surface area (Å²) in [4.78, 5) is 0. The fourth-order valence-corrected chi connectivity index (χ4v) is 4.68. The van der Waals surface area contributed by atoms with Crippen LogP contribution in [0, 0.1) is 11.8 Å². The van der Waals surface area contributed by atoms with Crippen LogP contribution in [-0.4, -0.2) is 62.3 Å². The van der Waals surface area contributed by atoms with Crippen molar-refractivity contribution >= 4 is 0 Å². The van der Waals surface area contributed by atoms with Crippen LogP contribution in [0.4, 0.5) is 0 Å². The lowest BCUT2D eigenvalue weighted by Crippen LogP contribution is -2.45. The van der Waals surface area contributed by atoms with Gasteiger partial charge in [0.2, 0.25) is 0 Å². The van der Waals surface area contributed by atoms with Gasteiger partial charge in [-0.05, 0) is 26.7 Å². The summed E-state index contributed by atoms with van der Waals surface area (Å²) in [6.07, 6.45) is 8.91. The van der Waals surface area contributed by atoms with Crippen molar-refractivity contribution < 1.29 is 8.97 Å². The topological polar surface area (TPSA) is 0 Å². The van der Waals surface area contributed by atoms with Crippen molar-refractivity contribution in [3.8, 4) is 0 Å². The molecule has 1 saturated carbocycles. The molecule has 20 heavy (non-hydrogen) atoms. The molecule has 0 N–H and O–H groups in total. The minimum Gasteiger partial charge on any atom is -0.326 e. The Kier molecular flexibility index (Phi) is 5.53. The molecule has 0 amide bonds. The quantitative estimate of drug-likeness (QED) is 0.495. The maximum absolute atomic E-state index is 2.53. The third kappa shape index (κ3) is 3.98. The van der Waals surface area contributed by atoms with Crippen molar-refractivity contribution in [2.75, 3.05) is 53.4 Å². The molecule has 3 atom stereocenters. The molecule has 0 radical (unpaired) electrons. The van der Waals surface area contributed by atoms with Gasteiger partial charge < -0.3 is 8.97 Å². The first-order chi connectivity index (χ1) is 9.50. The molecule has 2 fully saturated rings. The summed E-state index contributed by atoms with van der Waals surface area (Å²) in [6.45, 7) is 13.0. The lowest BCUT2D eigenvalue weighted by molar-refractivity contribution is -0.910. The predicted molar refractivity (Wildman–Crippen MR) is 87.6 cm³/mol. The SMILES string of the molecule is CC[N+](C)(CC)CCCC[N+]1(C)C[C@H]2CCCC[C@H]2C1. The maximum Gasteiger partial charge on any atom is 0.0818 e. The Bertz CT molecular complexity index is 282. The molecule has 0 spiro atoms. The Balaban J connectivity index is 1.71. The fourth-order valence-electron chi connectivity index (χ4n) is 4.68. The minimum atomic E-state index is 1.07. The second-order valence-corrected chi connectivity index (χ2v) is 8.20. The van der Waals surface area contributed by atoms with Crippen LogP contribution in [0.25, 0.3) is 0 Å². The van der Waals surface area contributed by atoms with Crippen LogP contribution in [0.15, 0.2) is 0 Å². The number of hydrogen-bond donors (Lipinski definition) is 0. The van der Waals surface area contributed by atoms with Gasteiger partial charge in [0, 0.05) is 24.7 Å². The van der Waals surface area contributed by atoms with E-state index in [2.05, 4.69) is 27.9 Å². The molecule has 0 aromatic rings.